The maximum atomic E-state index is 11.6. The van der Waals surface area contributed by atoms with Gasteiger partial charge in [0.25, 0.3) is 0 Å². The van der Waals surface area contributed by atoms with Crippen molar-refractivity contribution < 1.29 is 4.79 Å². The molecule has 1 aromatic heterocycles. The van der Waals surface area contributed by atoms with Crippen molar-refractivity contribution in [1.29, 1.82) is 0 Å². The molecule has 0 aliphatic carbocycles. The summed E-state index contributed by atoms with van der Waals surface area (Å²) in [5.74, 6) is 0.0882. The molecule has 0 amide bonds. The predicted octanol–water partition coefficient (Wildman–Crippen LogP) is 3.12. The average Bonchev–Trinajstić information content (AvgIpc) is 2.28. The Hall–Kier alpha value is -1.90. The maximum Gasteiger partial charge on any atom is 0.159 e. The number of fused-ring (bicyclic) bond motifs is 1. The first-order valence-corrected chi connectivity index (χ1v) is 6.00. The zero-order valence-electron chi connectivity index (χ0n) is 11.5. The van der Waals surface area contributed by atoms with Gasteiger partial charge in [-0.25, -0.2) is 0 Å². The largest absolute Gasteiger partial charge is 0.377 e. The first-order valence-electron chi connectivity index (χ1n) is 6.00. The van der Waals surface area contributed by atoms with Crippen molar-refractivity contribution in [2.75, 3.05) is 19.0 Å². The first kappa shape index (κ1) is 12.6. The molecule has 0 N–H and O–H groups in total. The van der Waals surface area contributed by atoms with Crippen LogP contribution in [0.4, 0.5) is 5.69 Å². The molecule has 0 saturated carbocycles. The van der Waals surface area contributed by atoms with Gasteiger partial charge < -0.3 is 4.90 Å². The molecular weight excluding hydrogens is 224 g/mol. The summed E-state index contributed by atoms with van der Waals surface area (Å²) in [7, 11) is 4.01. The van der Waals surface area contributed by atoms with E-state index >= 15 is 0 Å². The van der Waals surface area contributed by atoms with Crippen molar-refractivity contribution in [2.24, 2.45) is 0 Å². The van der Waals surface area contributed by atoms with E-state index in [2.05, 4.69) is 9.88 Å². The average molecular weight is 242 g/mol. The summed E-state index contributed by atoms with van der Waals surface area (Å²) in [4.78, 5) is 18.2. The van der Waals surface area contributed by atoms with Crippen molar-refractivity contribution in [3.63, 3.8) is 0 Å². The molecule has 0 fully saturated rings. The third kappa shape index (κ3) is 2.08. The second-order valence-electron chi connectivity index (χ2n) is 4.92. The Bertz CT molecular complexity index is 630. The lowest BCUT2D eigenvalue weighted by Crippen LogP contribution is -2.10. The van der Waals surface area contributed by atoms with E-state index < -0.39 is 0 Å². The zero-order valence-corrected chi connectivity index (χ0v) is 11.5. The van der Waals surface area contributed by atoms with Crippen molar-refractivity contribution in [1.82, 2.24) is 4.98 Å². The van der Waals surface area contributed by atoms with Crippen LogP contribution >= 0.6 is 0 Å². The molecule has 0 spiro atoms. The topological polar surface area (TPSA) is 33.2 Å². The summed E-state index contributed by atoms with van der Waals surface area (Å²) in [5.41, 5.74) is 4.86. The number of aromatic nitrogens is 1. The van der Waals surface area contributed by atoms with Gasteiger partial charge in [-0.05, 0) is 44.5 Å². The summed E-state index contributed by atoms with van der Waals surface area (Å²) in [6.07, 6.45) is 0. The number of carbonyl (C=O) groups excluding carboxylic acids is 1. The van der Waals surface area contributed by atoms with Crippen LogP contribution in [0.25, 0.3) is 10.9 Å². The Morgan fingerprint density at radius 1 is 1.17 bits per heavy atom. The third-order valence-corrected chi connectivity index (χ3v) is 3.10. The third-order valence-electron chi connectivity index (χ3n) is 3.10. The molecule has 1 heterocycles. The van der Waals surface area contributed by atoms with E-state index in [9.17, 15) is 4.79 Å². The number of anilines is 1. The molecule has 0 atom stereocenters. The lowest BCUT2D eigenvalue weighted by atomic mass is 10.0. The van der Waals surface area contributed by atoms with Gasteiger partial charge in [0.05, 0.1) is 5.52 Å². The number of rotatable bonds is 2. The number of Topliss-reactive ketones (excluding diaryl/α,β-unsaturated/α-hetero) is 1. The van der Waals surface area contributed by atoms with E-state index in [0.29, 0.717) is 0 Å². The fourth-order valence-corrected chi connectivity index (χ4v) is 2.18. The van der Waals surface area contributed by atoms with Crippen LogP contribution in [0.1, 0.15) is 28.5 Å². The highest BCUT2D eigenvalue weighted by Crippen LogP contribution is 2.28. The summed E-state index contributed by atoms with van der Waals surface area (Å²) in [6, 6.07) is 5.90. The number of hydrogen-bond acceptors (Lipinski definition) is 3. The van der Waals surface area contributed by atoms with Gasteiger partial charge in [-0.2, -0.15) is 0 Å². The van der Waals surface area contributed by atoms with E-state index in [1.807, 2.05) is 46.1 Å². The highest BCUT2D eigenvalue weighted by molar-refractivity contribution is 6.02. The molecular formula is C15H18N2O. The molecule has 0 bridgehead atoms. The summed E-state index contributed by atoms with van der Waals surface area (Å²) >= 11 is 0. The van der Waals surface area contributed by atoms with E-state index in [1.165, 1.54) is 0 Å². The summed E-state index contributed by atoms with van der Waals surface area (Å²) < 4.78 is 0. The van der Waals surface area contributed by atoms with Gasteiger partial charge in [-0.3, -0.25) is 9.78 Å². The van der Waals surface area contributed by atoms with Crippen LogP contribution in [0, 0.1) is 13.8 Å². The number of aryl methyl sites for hydroxylation is 2. The molecule has 0 unspecified atom stereocenters. The van der Waals surface area contributed by atoms with Gasteiger partial charge >= 0.3 is 0 Å². The van der Waals surface area contributed by atoms with Crippen molar-refractivity contribution >= 4 is 22.4 Å². The van der Waals surface area contributed by atoms with E-state index in [-0.39, 0.29) is 5.78 Å². The second-order valence-corrected chi connectivity index (χ2v) is 4.92. The molecule has 2 rings (SSSR count). The maximum absolute atomic E-state index is 11.6. The van der Waals surface area contributed by atoms with Crippen LogP contribution in [-0.2, 0) is 0 Å². The molecule has 94 valence electrons. The molecule has 0 saturated heterocycles. The smallest absolute Gasteiger partial charge is 0.159 e. The molecule has 1 aromatic carbocycles. The highest BCUT2D eigenvalue weighted by Gasteiger charge is 2.11. The molecule has 0 aliphatic heterocycles. The Morgan fingerprint density at radius 3 is 2.39 bits per heavy atom. The Kier molecular flexibility index (Phi) is 3.07. The Morgan fingerprint density at radius 2 is 1.83 bits per heavy atom. The highest BCUT2D eigenvalue weighted by atomic mass is 16.1. The van der Waals surface area contributed by atoms with Crippen molar-refractivity contribution in [3.05, 3.63) is 35.0 Å². The molecule has 18 heavy (non-hydrogen) atoms. The summed E-state index contributed by atoms with van der Waals surface area (Å²) in [6.45, 7) is 5.59. The van der Waals surface area contributed by atoms with Crippen LogP contribution in [0.5, 0.6) is 0 Å². The molecule has 0 radical (unpaired) electrons. The van der Waals surface area contributed by atoms with Gasteiger partial charge in [0.1, 0.15) is 0 Å². The molecule has 3 nitrogen and oxygen atoms in total. The minimum absolute atomic E-state index is 0.0882. The first-order chi connectivity index (χ1) is 8.40. The van der Waals surface area contributed by atoms with Crippen LogP contribution in [0.2, 0.25) is 0 Å². The van der Waals surface area contributed by atoms with Gasteiger partial charge in [0.15, 0.2) is 5.78 Å². The lowest BCUT2D eigenvalue weighted by Gasteiger charge is -2.17. The van der Waals surface area contributed by atoms with E-state index in [4.69, 9.17) is 0 Å². The van der Waals surface area contributed by atoms with Crippen LogP contribution in [0.3, 0.4) is 0 Å². The monoisotopic (exact) mass is 242 g/mol. The molecule has 0 aliphatic rings. The quantitative estimate of drug-likeness (QED) is 0.759. The fraction of sp³-hybridized carbons (Fsp3) is 0.333. The fourth-order valence-electron chi connectivity index (χ4n) is 2.18. The van der Waals surface area contributed by atoms with Crippen LogP contribution in [-0.4, -0.2) is 24.9 Å². The minimum Gasteiger partial charge on any atom is -0.377 e. The number of benzene rings is 1. The van der Waals surface area contributed by atoms with Crippen molar-refractivity contribution in [3.8, 4) is 0 Å². The van der Waals surface area contributed by atoms with Gasteiger partial charge in [-0.1, -0.05) is 0 Å². The van der Waals surface area contributed by atoms with Gasteiger partial charge in [0.2, 0.25) is 0 Å². The summed E-state index contributed by atoms with van der Waals surface area (Å²) in [5, 5.41) is 1.04. The minimum atomic E-state index is 0.0882. The number of nitrogens with zero attached hydrogens (tertiary/aromatic N) is 2. The standard InChI is InChI=1S/C15H18N2O/c1-9-6-12(11(3)18)8-13-14(17(4)5)7-10(2)16-15(9)13/h6-8H,1-5H3. The Balaban J connectivity index is 2.88. The number of carbonyl (C=O) groups is 1. The van der Waals surface area contributed by atoms with E-state index in [1.54, 1.807) is 6.92 Å². The molecule has 2 aromatic rings. The van der Waals surface area contributed by atoms with Crippen molar-refractivity contribution in [2.45, 2.75) is 20.8 Å². The SMILES string of the molecule is CC(=O)c1cc(C)c2nc(C)cc(N(C)C)c2c1. The van der Waals surface area contributed by atoms with Gasteiger partial charge in [0, 0.05) is 36.4 Å². The normalized spacial score (nSPS) is 10.7. The van der Waals surface area contributed by atoms with E-state index in [0.717, 1.165) is 33.4 Å². The predicted molar refractivity (Wildman–Crippen MR) is 75.5 cm³/mol. The second kappa shape index (κ2) is 4.41. The van der Waals surface area contributed by atoms with Crippen LogP contribution in [0.15, 0.2) is 18.2 Å². The Labute approximate surface area is 107 Å². The number of pyridine rings is 1. The zero-order chi connectivity index (χ0) is 13.4. The van der Waals surface area contributed by atoms with Crippen LogP contribution < -0.4 is 4.90 Å². The lowest BCUT2D eigenvalue weighted by molar-refractivity contribution is 0.101. The van der Waals surface area contributed by atoms with Gasteiger partial charge in [-0.15, -0.1) is 0 Å². The number of hydrogen-bond donors (Lipinski definition) is 0. The number of ketones is 1. The molecule has 3 heteroatoms.